The largest absolute Gasteiger partial charge is 0.378 e. The second kappa shape index (κ2) is 10.3. The molecule has 2 aromatic carbocycles. The molecular formula is C25H29N2O6S2+. The van der Waals surface area contributed by atoms with Gasteiger partial charge < -0.3 is 4.90 Å². The second-order valence-corrected chi connectivity index (χ2v) is 11.6. The van der Waals surface area contributed by atoms with E-state index in [1.165, 1.54) is 6.07 Å². The van der Waals surface area contributed by atoms with Crippen LogP contribution in [-0.2, 0) is 31.7 Å². The highest BCUT2D eigenvalue weighted by Gasteiger charge is 2.19. The molecule has 2 aromatic rings. The van der Waals surface area contributed by atoms with Gasteiger partial charge >= 0.3 is 0 Å². The Balaban J connectivity index is 2.25. The lowest BCUT2D eigenvalue weighted by Crippen LogP contribution is -2.11. The standard InChI is InChI=1S/C25H28N2O6S2/c1-26(2)23-11-7-18(8-12-23)25(19-9-13-24(14-10-19)27(3)4)20-5-6-21(16-34(28,29)30)22(15-20)17-35(31,32)33/h5-15H,16-17H2,1-4H3,(H-,28,29,30,31,32,33)/p+1. The molecule has 0 fully saturated rings. The molecule has 0 radical (unpaired) electrons. The van der Waals surface area contributed by atoms with E-state index >= 15 is 0 Å². The van der Waals surface area contributed by atoms with E-state index in [9.17, 15) is 25.9 Å². The topological polar surface area (TPSA) is 115 Å². The summed E-state index contributed by atoms with van der Waals surface area (Å²) >= 11 is 0. The fraction of sp³-hybridized carbons (Fsp3) is 0.240. The Hall–Kier alpha value is -3.05. The van der Waals surface area contributed by atoms with Crippen molar-refractivity contribution in [3.8, 4) is 0 Å². The molecule has 2 N–H and O–H groups in total. The molecule has 0 atom stereocenters. The Bertz CT molecular complexity index is 1440. The highest BCUT2D eigenvalue weighted by atomic mass is 32.2. The third-order valence-corrected chi connectivity index (χ3v) is 6.87. The summed E-state index contributed by atoms with van der Waals surface area (Å²) in [7, 11) is -1.11. The van der Waals surface area contributed by atoms with Crippen molar-refractivity contribution in [3.05, 3.63) is 94.6 Å². The number of hydrogen-bond acceptors (Lipinski definition) is 5. The highest BCUT2D eigenvalue weighted by Crippen LogP contribution is 2.32. The molecule has 186 valence electrons. The monoisotopic (exact) mass is 517 g/mol. The van der Waals surface area contributed by atoms with Crippen molar-refractivity contribution in [2.75, 3.05) is 33.1 Å². The van der Waals surface area contributed by atoms with E-state index in [0.29, 0.717) is 5.56 Å². The van der Waals surface area contributed by atoms with Gasteiger partial charge in [0.25, 0.3) is 20.2 Å². The smallest absolute Gasteiger partial charge is 0.269 e. The van der Waals surface area contributed by atoms with Crippen molar-refractivity contribution >= 4 is 37.2 Å². The third kappa shape index (κ3) is 7.22. The number of allylic oxidation sites excluding steroid dienone is 5. The Morgan fingerprint density at radius 3 is 1.77 bits per heavy atom. The Morgan fingerprint density at radius 2 is 1.29 bits per heavy atom. The summed E-state index contributed by atoms with van der Waals surface area (Å²) < 4.78 is 67.1. The maximum atomic E-state index is 11.7. The van der Waals surface area contributed by atoms with Gasteiger partial charge in [0.15, 0.2) is 5.71 Å². The van der Waals surface area contributed by atoms with Gasteiger partial charge in [0, 0.05) is 31.9 Å². The van der Waals surface area contributed by atoms with Crippen molar-refractivity contribution in [1.82, 2.24) is 0 Å². The van der Waals surface area contributed by atoms with E-state index in [0.717, 1.165) is 28.1 Å². The van der Waals surface area contributed by atoms with E-state index < -0.39 is 31.7 Å². The lowest BCUT2D eigenvalue weighted by Gasteiger charge is -2.18. The predicted octanol–water partition coefficient (Wildman–Crippen LogP) is 3.17. The normalized spacial score (nSPS) is 13.8. The molecule has 35 heavy (non-hydrogen) atoms. The van der Waals surface area contributed by atoms with E-state index in [4.69, 9.17) is 0 Å². The van der Waals surface area contributed by atoms with Crippen LogP contribution < -0.4 is 4.90 Å². The number of hydrogen-bond donors (Lipinski definition) is 2. The van der Waals surface area contributed by atoms with Gasteiger partial charge in [0.1, 0.15) is 25.6 Å². The van der Waals surface area contributed by atoms with Gasteiger partial charge in [-0.05, 0) is 63.8 Å². The molecule has 0 spiro atoms. The molecule has 0 unspecified atom stereocenters. The minimum atomic E-state index is -4.45. The first-order chi connectivity index (χ1) is 16.2. The van der Waals surface area contributed by atoms with Crippen LogP contribution in [0.5, 0.6) is 0 Å². The van der Waals surface area contributed by atoms with Gasteiger partial charge in [-0.3, -0.25) is 9.11 Å². The maximum absolute atomic E-state index is 11.7. The number of nitrogens with zero attached hydrogens (tertiary/aromatic N) is 2. The third-order valence-electron chi connectivity index (χ3n) is 5.52. The quantitative estimate of drug-likeness (QED) is 0.428. The summed E-state index contributed by atoms with van der Waals surface area (Å²) in [6.45, 7) is 0. The Labute approximate surface area is 206 Å². The Kier molecular flexibility index (Phi) is 7.80. The summed E-state index contributed by atoms with van der Waals surface area (Å²) in [6.07, 6.45) is 7.85. The number of benzene rings is 2. The first-order valence-corrected chi connectivity index (χ1v) is 13.9. The fourth-order valence-electron chi connectivity index (χ4n) is 3.80. The van der Waals surface area contributed by atoms with Gasteiger partial charge in [-0.2, -0.15) is 16.8 Å². The molecule has 0 aliphatic heterocycles. The van der Waals surface area contributed by atoms with Crippen LogP contribution in [0.4, 0.5) is 5.69 Å². The molecule has 0 aromatic heterocycles. The zero-order valence-corrected chi connectivity index (χ0v) is 21.6. The SMILES string of the molecule is CN(C)c1ccc(C(=C2C=CC(=[N+](C)C)C=C2)c2ccc(CS(=O)(=O)O)c(CS(=O)(=O)O)c2)cc1. The van der Waals surface area contributed by atoms with Gasteiger partial charge in [-0.15, -0.1) is 0 Å². The van der Waals surface area contributed by atoms with Crippen LogP contribution in [0.2, 0.25) is 0 Å². The van der Waals surface area contributed by atoms with Crippen LogP contribution in [0.15, 0.2) is 72.3 Å². The van der Waals surface area contributed by atoms with E-state index in [1.54, 1.807) is 12.1 Å². The first kappa shape index (κ1) is 26.6. The molecule has 1 aliphatic carbocycles. The summed E-state index contributed by atoms with van der Waals surface area (Å²) in [5.41, 5.74) is 5.38. The van der Waals surface area contributed by atoms with E-state index in [1.807, 2.05) is 86.2 Å². The first-order valence-electron chi connectivity index (χ1n) is 10.7. The van der Waals surface area contributed by atoms with Crippen molar-refractivity contribution < 1.29 is 30.5 Å². The second-order valence-electron chi connectivity index (χ2n) is 8.69. The van der Waals surface area contributed by atoms with Crippen LogP contribution in [0.1, 0.15) is 22.3 Å². The molecule has 0 amide bonds. The number of anilines is 1. The summed E-state index contributed by atoms with van der Waals surface area (Å²) in [5, 5.41) is 0. The van der Waals surface area contributed by atoms with Crippen molar-refractivity contribution in [2.24, 2.45) is 0 Å². The lowest BCUT2D eigenvalue weighted by atomic mass is 9.89. The van der Waals surface area contributed by atoms with Gasteiger partial charge in [0.05, 0.1) is 0 Å². The molecule has 0 saturated heterocycles. The molecular weight excluding hydrogens is 488 g/mol. The van der Waals surface area contributed by atoms with Crippen molar-refractivity contribution in [2.45, 2.75) is 11.5 Å². The minimum absolute atomic E-state index is 0.0925. The van der Waals surface area contributed by atoms with Gasteiger partial charge in [0.2, 0.25) is 0 Å². The van der Waals surface area contributed by atoms with Crippen LogP contribution in [0.3, 0.4) is 0 Å². The van der Waals surface area contributed by atoms with E-state index in [-0.39, 0.29) is 11.1 Å². The van der Waals surface area contributed by atoms with E-state index in [2.05, 4.69) is 0 Å². The Morgan fingerprint density at radius 1 is 0.771 bits per heavy atom. The molecule has 10 heteroatoms. The van der Waals surface area contributed by atoms with Crippen LogP contribution in [0, 0.1) is 0 Å². The average molecular weight is 518 g/mol. The zero-order valence-electron chi connectivity index (χ0n) is 20.0. The minimum Gasteiger partial charge on any atom is -0.378 e. The molecule has 3 rings (SSSR count). The van der Waals surface area contributed by atoms with Crippen LogP contribution in [-0.4, -0.2) is 64.4 Å². The molecule has 0 saturated carbocycles. The van der Waals surface area contributed by atoms with Crippen LogP contribution >= 0.6 is 0 Å². The number of rotatable bonds is 7. The van der Waals surface area contributed by atoms with Crippen molar-refractivity contribution in [1.29, 1.82) is 0 Å². The van der Waals surface area contributed by atoms with Crippen molar-refractivity contribution in [3.63, 3.8) is 0 Å². The maximum Gasteiger partial charge on any atom is 0.269 e. The summed E-state index contributed by atoms with van der Waals surface area (Å²) in [4.78, 5) is 1.98. The highest BCUT2D eigenvalue weighted by molar-refractivity contribution is 7.85. The van der Waals surface area contributed by atoms with Gasteiger partial charge in [-0.1, -0.05) is 24.3 Å². The van der Waals surface area contributed by atoms with Crippen LogP contribution in [0.25, 0.3) is 5.57 Å². The molecule has 0 heterocycles. The zero-order chi connectivity index (χ0) is 26.0. The molecule has 1 aliphatic rings. The molecule has 0 bridgehead atoms. The molecule has 8 nitrogen and oxygen atoms in total. The summed E-state index contributed by atoms with van der Waals surface area (Å²) in [5.74, 6) is -1.54. The fourth-order valence-corrected chi connectivity index (χ4v) is 5.14. The predicted molar refractivity (Wildman–Crippen MR) is 139 cm³/mol. The lowest BCUT2D eigenvalue weighted by molar-refractivity contribution is -0.462. The summed E-state index contributed by atoms with van der Waals surface area (Å²) in [6, 6.07) is 12.5. The van der Waals surface area contributed by atoms with Gasteiger partial charge in [-0.25, -0.2) is 4.58 Å². The average Bonchev–Trinajstić information content (AvgIpc) is 2.74.